The second-order valence-electron chi connectivity index (χ2n) is 10.0. The highest BCUT2D eigenvalue weighted by atomic mass is 127. The molecule has 0 spiro atoms. The summed E-state index contributed by atoms with van der Waals surface area (Å²) in [7, 11) is 1.60. The number of amides is 2. The number of nitrogens with one attached hydrogen (secondary N) is 1. The Morgan fingerprint density at radius 3 is 2.50 bits per heavy atom. The number of ether oxygens (including phenoxy) is 2. The molecule has 34 heavy (non-hydrogen) atoms. The van der Waals surface area contributed by atoms with Crippen molar-refractivity contribution in [1.29, 1.82) is 0 Å². The fourth-order valence-corrected chi connectivity index (χ4v) is 8.45. The van der Waals surface area contributed by atoms with Crippen molar-refractivity contribution in [3.05, 3.63) is 26.2 Å². The third-order valence-electron chi connectivity index (χ3n) is 7.53. The lowest BCUT2D eigenvalue weighted by molar-refractivity contribution is -0.152. The number of carbonyl (C=O) groups excluding carboxylic acids is 2. The molecule has 1 saturated heterocycles. The van der Waals surface area contributed by atoms with Crippen LogP contribution in [-0.2, 0) is 9.59 Å². The zero-order chi connectivity index (χ0) is 24.0. The lowest BCUT2D eigenvalue weighted by atomic mass is 9.49. The first kappa shape index (κ1) is 24.4. The van der Waals surface area contributed by atoms with E-state index in [4.69, 9.17) is 21.7 Å². The summed E-state index contributed by atoms with van der Waals surface area (Å²) in [6.07, 6.45) is 9.33. The Morgan fingerprint density at radius 1 is 1.26 bits per heavy atom. The predicted molar refractivity (Wildman–Crippen MR) is 145 cm³/mol. The minimum Gasteiger partial charge on any atom is -0.493 e. The summed E-state index contributed by atoms with van der Waals surface area (Å²) in [5.74, 6) is 2.99. The van der Waals surface area contributed by atoms with Gasteiger partial charge in [0.15, 0.2) is 15.8 Å². The van der Waals surface area contributed by atoms with Crippen molar-refractivity contribution >= 4 is 68.8 Å². The summed E-state index contributed by atoms with van der Waals surface area (Å²) in [5, 5.41) is 1.27. The number of methoxy groups -OCH3 is 1. The van der Waals surface area contributed by atoms with Gasteiger partial charge in [-0.2, -0.15) is 5.01 Å². The molecule has 9 heteroatoms. The first-order valence-electron chi connectivity index (χ1n) is 11.9. The van der Waals surface area contributed by atoms with Crippen LogP contribution in [0.4, 0.5) is 0 Å². The Labute approximate surface area is 223 Å². The molecule has 0 unspecified atom stereocenters. The van der Waals surface area contributed by atoms with Crippen molar-refractivity contribution in [1.82, 2.24) is 10.4 Å². The van der Waals surface area contributed by atoms with Crippen LogP contribution >= 0.6 is 46.6 Å². The standard InChI is InChI=1S/C25H29IN2O4S2/c1-3-4-32-21-18(26)8-14(9-19(21)31-2)10-20-22(29)28(24(33)34-20)27-23(30)25-11-15-5-16(12-25)7-17(6-15)13-25/h8-10,15-17H,3-7,11-13H2,1-2H3,(H,27,30)/b20-10-. The lowest BCUT2D eigenvalue weighted by Gasteiger charge is -2.55. The maximum Gasteiger partial charge on any atom is 0.285 e. The second kappa shape index (κ2) is 9.61. The number of thioether (sulfide) groups is 1. The molecule has 0 aromatic heterocycles. The van der Waals surface area contributed by atoms with Gasteiger partial charge >= 0.3 is 0 Å². The molecule has 6 nitrogen and oxygen atoms in total. The molecule has 182 valence electrons. The molecule has 4 saturated carbocycles. The molecule has 4 bridgehead atoms. The van der Waals surface area contributed by atoms with E-state index in [1.165, 1.54) is 36.0 Å². The quantitative estimate of drug-likeness (QED) is 0.248. The highest BCUT2D eigenvalue weighted by Gasteiger charge is 2.55. The minimum atomic E-state index is -0.334. The number of benzene rings is 1. The van der Waals surface area contributed by atoms with Gasteiger partial charge in [-0.05, 0) is 121 Å². The molecule has 0 radical (unpaired) electrons. The van der Waals surface area contributed by atoms with Gasteiger partial charge in [0.2, 0.25) is 5.91 Å². The van der Waals surface area contributed by atoms with Gasteiger partial charge in [-0.1, -0.05) is 18.7 Å². The SMILES string of the molecule is CCCOc1c(I)cc(/C=C2\SC(=S)N(NC(=O)C34CC5CC(CC(C5)C3)C4)C2=O)cc1OC. The number of hydrazine groups is 1. The topological polar surface area (TPSA) is 67.9 Å². The van der Waals surface area contributed by atoms with E-state index in [9.17, 15) is 9.59 Å². The number of carbonyl (C=O) groups is 2. The van der Waals surface area contributed by atoms with Crippen molar-refractivity contribution in [3.63, 3.8) is 0 Å². The normalized spacial score (nSPS) is 30.9. The van der Waals surface area contributed by atoms with Gasteiger partial charge in [0.25, 0.3) is 5.91 Å². The highest BCUT2D eigenvalue weighted by Crippen LogP contribution is 2.60. The number of rotatable bonds is 7. The lowest BCUT2D eigenvalue weighted by Crippen LogP contribution is -2.57. The Kier molecular flexibility index (Phi) is 6.89. The zero-order valence-electron chi connectivity index (χ0n) is 19.4. The summed E-state index contributed by atoms with van der Waals surface area (Å²) in [6, 6.07) is 3.81. The molecule has 5 aliphatic rings. The first-order chi connectivity index (χ1) is 16.3. The van der Waals surface area contributed by atoms with E-state index in [-0.39, 0.29) is 17.2 Å². The Balaban J connectivity index is 1.33. The smallest absolute Gasteiger partial charge is 0.285 e. The number of nitrogens with zero attached hydrogens (tertiary/aromatic N) is 1. The van der Waals surface area contributed by atoms with Crippen molar-refractivity contribution in [2.24, 2.45) is 23.2 Å². The van der Waals surface area contributed by atoms with Crippen LogP contribution in [0.2, 0.25) is 0 Å². The van der Waals surface area contributed by atoms with Crippen LogP contribution in [0, 0.1) is 26.7 Å². The van der Waals surface area contributed by atoms with Crippen LogP contribution in [0.3, 0.4) is 0 Å². The Morgan fingerprint density at radius 2 is 1.91 bits per heavy atom. The van der Waals surface area contributed by atoms with Crippen LogP contribution < -0.4 is 14.9 Å². The van der Waals surface area contributed by atoms with Gasteiger partial charge < -0.3 is 9.47 Å². The van der Waals surface area contributed by atoms with Crippen LogP contribution in [-0.4, -0.2) is 34.9 Å². The fourth-order valence-electron chi connectivity index (χ4n) is 6.49. The van der Waals surface area contributed by atoms with Crippen LogP contribution in [0.5, 0.6) is 11.5 Å². The van der Waals surface area contributed by atoms with Gasteiger partial charge in [-0.25, -0.2) is 0 Å². The summed E-state index contributed by atoms with van der Waals surface area (Å²) < 4.78 is 12.6. The molecular formula is C25H29IN2O4S2. The van der Waals surface area contributed by atoms with Gasteiger partial charge in [0.1, 0.15) is 0 Å². The van der Waals surface area contributed by atoms with Gasteiger partial charge in [0, 0.05) is 0 Å². The van der Waals surface area contributed by atoms with Gasteiger partial charge in [-0.15, -0.1) is 0 Å². The summed E-state index contributed by atoms with van der Waals surface area (Å²) in [6.45, 7) is 2.66. The molecule has 5 fully saturated rings. The number of hydrogen-bond donors (Lipinski definition) is 1. The maximum absolute atomic E-state index is 13.4. The molecule has 1 aliphatic heterocycles. The average Bonchev–Trinajstić information content (AvgIpc) is 3.04. The van der Waals surface area contributed by atoms with Crippen molar-refractivity contribution in [3.8, 4) is 11.5 Å². The van der Waals surface area contributed by atoms with Crippen LogP contribution in [0.1, 0.15) is 57.4 Å². The third kappa shape index (κ3) is 4.48. The molecular weight excluding hydrogens is 583 g/mol. The van der Waals surface area contributed by atoms with E-state index in [0.29, 0.717) is 45.1 Å². The van der Waals surface area contributed by atoms with Gasteiger partial charge in [0.05, 0.1) is 27.6 Å². The van der Waals surface area contributed by atoms with E-state index >= 15 is 0 Å². The first-order valence-corrected chi connectivity index (χ1v) is 14.2. The van der Waals surface area contributed by atoms with Gasteiger partial charge in [-0.3, -0.25) is 15.0 Å². The summed E-state index contributed by atoms with van der Waals surface area (Å²) >= 11 is 8.91. The average molecular weight is 613 g/mol. The second-order valence-corrected chi connectivity index (χ2v) is 12.9. The fraction of sp³-hybridized carbons (Fsp3) is 0.560. The largest absolute Gasteiger partial charge is 0.493 e. The van der Waals surface area contributed by atoms with E-state index in [0.717, 1.165) is 34.8 Å². The molecule has 0 atom stereocenters. The summed E-state index contributed by atoms with van der Waals surface area (Å²) in [5.41, 5.74) is 3.40. The molecule has 1 N–H and O–H groups in total. The van der Waals surface area contributed by atoms with Crippen molar-refractivity contribution < 1.29 is 19.1 Å². The Hall–Kier alpha value is -1.33. The Bertz CT molecular complexity index is 1040. The van der Waals surface area contributed by atoms with Crippen LogP contribution in [0.15, 0.2) is 17.0 Å². The maximum atomic E-state index is 13.4. The number of halogens is 1. The predicted octanol–water partition coefficient (Wildman–Crippen LogP) is 5.54. The monoisotopic (exact) mass is 612 g/mol. The molecule has 6 rings (SSSR count). The van der Waals surface area contributed by atoms with E-state index in [1.807, 2.05) is 12.1 Å². The van der Waals surface area contributed by atoms with Crippen molar-refractivity contribution in [2.75, 3.05) is 13.7 Å². The van der Waals surface area contributed by atoms with E-state index in [2.05, 4.69) is 34.9 Å². The number of hydrogen-bond acceptors (Lipinski definition) is 6. The van der Waals surface area contributed by atoms with E-state index in [1.54, 1.807) is 13.2 Å². The zero-order valence-corrected chi connectivity index (χ0v) is 23.2. The molecule has 2 amide bonds. The molecule has 1 aromatic rings. The van der Waals surface area contributed by atoms with Crippen LogP contribution in [0.25, 0.3) is 6.08 Å². The van der Waals surface area contributed by atoms with Crippen molar-refractivity contribution in [2.45, 2.75) is 51.9 Å². The summed E-state index contributed by atoms with van der Waals surface area (Å²) in [4.78, 5) is 27.1. The molecule has 4 aliphatic carbocycles. The molecule has 1 heterocycles. The minimum absolute atomic E-state index is 0.0298. The number of thiocarbonyl (C=S) groups is 1. The third-order valence-corrected chi connectivity index (χ3v) is 9.63. The molecule has 1 aromatic carbocycles. The van der Waals surface area contributed by atoms with E-state index < -0.39 is 0 Å². The highest BCUT2D eigenvalue weighted by molar-refractivity contribution is 14.1.